The van der Waals surface area contributed by atoms with E-state index in [1.54, 1.807) is 0 Å². The Balaban J connectivity index is 4.25. The quantitative estimate of drug-likeness (QED) is 0.291. The summed E-state index contributed by atoms with van der Waals surface area (Å²) in [5.74, 6) is 0. The van der Waals surface area contributed by atoms with Crippen LogP contribution in [-0.4, -0.2) is 64.0 Å². The van der Waals surface area contributed by atoms with Crippen LogP contribution in [0, 0.1) is 0 Å². The molecule has 0 aromatic heterocycles. The molecule has 0 fully saturated rings. The number of hydrogen-bond donors (Lipinski definition) is 4. The van der Waals surface area contributed by atoms with E-state index in [9.17, 15) is 15.0 Å². The van der Waals surface area contributed by atoms with Gasteiger partial charge in [0.2, 0.25) is 0 Å². The molecule has 0 saturated carbocycles. The lowest BCUT2D eigenvalue weighted by Crippen LogP contribution is -2.46. The summed E-state index contributed by atoms with van der Waals surface area (Å²) in [4.78, 5) is 10.4. The molecule has 0 aromatic rings. The largest absolute Gasteiger partial charge is 0.394 e. The smallest absolute Gasteiger partial charge is 0.156 e. The van der Waals surface area contributed by atoms with E-state index >= 15 is 0 Å². The van der Waals surface area contributed by atoms with E-state index < -0.39 is 31.0 Å². The van der Waals surface area contributed by atoms with E-state index in [2.05, 4.69) is 0 Å². The third-order valence-corrected chi connectivity index (χ3v) is 2.02. The Bertz CT molecular complexity index is 166. The molecule has 0 spiro atoms. The van der Waals surface area contributed by atoms with Crippen LogP contribution in [0.3, 0.4) is 0 Å². The van der Waals surface area contributed by atoms with Gasteiger partial charge in [0.05, 0.1) is 6.61 Å². The zero-order valence-corrected chi connectivity index (χ0v) is 8.42. The molecule has 4 N–H and O–H groups in total. The lowest BCUT2D eigenvalue weighted by atomic mass is 10.0. The first kappa shape index (κ1) is 13.8. The highest BCUT2D eigenvalue weighted by molar-refractivity contribution is 7.93. The number of aldehydes is 1. The first-order chi connectivity index (χ1) is 6.58. The second kappa shape index (κ2) is 7.16. The molecule has 0 rings (SSSR count). The molecule has 7 heteroatoms. The highest BCUT2D eigenvalue weighted by Gasteiger charge is 2.31. The number of aliphatic hydroxyl groups is 4. The normalized spacial score (nSPS) is 19.8. The molecule has 0 heterocycles. The Kier molecular flexibility index (Phi) is 7.06. The molecule has 14 heavy (non-hydrogen) atoms. The molecular weight excluding hydrogens is 212 g/mol. The van der Waals surface area contributed by atoms with Crippen LogP contribution < -0.4 is 0 Å². The van der Waals surface area contributed by atoms with Gasteiger partial charge in [-0.2, -0.15) is 0 Å². The SMILES string of the molecule is CSO[C@@H](C=O)[C@@H](O)[C@@H](O)[C@H](O)CO. The van der Waals surface area contributed by atoms with Crippen LogP contribution in [0.5, 0.6) is 0 Å². The Morgan fingerprint density at radius 1 is 1.36 bits per heavy atom. The molecule has 0 bridgehead atoms. The summed E-state index contributed by atoms with van der Waals surface area (Å²) in [7, 11) is 0. The Morgan fingerprint density at radius 2 is 1.93 bits per heavy atom. The number of hydrogen-bond acceptors (Lipinski definition) is 7. The molecule has 6 nitrogen and oxygen atoms in total. The Labute approximate surface area is 85.7 Å². The second-order valence-corrected chi connectivity index (χ2v) is 3.12. The van der Waals surface area contributed by atoms with Crippen LogP contribution in [0.2, 0.25) is 0 Å². The van der Waals surface area contributed by atoms with Crippen molar-refractivity contribution < 1.29 is 29.4 Å². The maximum absolute atomic E-state index is 10.4. The van der Waals surface area contributed by atoms with Crippen LogP contribution >= 0.6 is 12.0 Å². The van der Waals surface area contributed by atoms with Gasteiger partial charge in [0.1, 0.15) is 18.3 Å². The minimum absolute atomic E-state index is 0.314. The van der Waals surface area contributed by atoms with Gasteiger partial charge in [-0.1, -0.05) is 0 Å². The van der Waals surface area contributed by atoms with Gasteiger partial charge in [0, 0.05) is 6.26 Å². The number of rotatable bonds is 7. The topological polar surface area (TPSA) is 107 Å². The van der Waals surface area contributed by atoms with E-state index in [-0.39, 0.29) is 0 Å². The fourth-order valence-corrected chi connectivity index (χ4v) is 1.18. The Morgan fingerprint density at radius 3 is 2.29 bits per heavy atom. The van der Waals surface area contributed by atoms with Crippen molar-refractivity contribution in [3.8, 4) is 0 Å². The van der Waals surface area contributed by atoms with Crippen molar-refractivity contribution in [2.75, 3.05) is 12.9 Å². The molecule has 0 aliphatic rings. The lowest BCUT2D eigenvalue weighted by molar-refractivity contribution is -0.131. The number of carbonyl (C=O) groups is 1. The first-order valence-corrected chi connectivity index (χ1v) is 5.03. The highest BCUT2D eigenvalue weighted by Crippen LogP contribution is 2.11. The fraction of sp³-hybridized carbons (Fsp3) is 0.857. The summed E-state index contributed by atoms with van der Waals surface area (Å²) in [6.45, 7) is -0.705. The zero-order valence-electron chi connectivity index (χ0n) is 7.61. The minimum Gasteiger partial charge on any atom is -0.394 e. The number of aliphatic hydroxyl groups excluding tert-OH is 4. The fourth-order valence-electron chi connectivity index (χ4n) is 0.801. The van der Waals surface area contributed by atoms with E-state index in [1.165, 1.54) is 6.26 Å². The van der Waals surface area contributed by atoms with E-state index in [4.69, 9.17) is 14.4 Å². The average molecular weight is 226 g/mol. The van der Waals surface area contributed by atoms with Crippen molar-refractivity contribution in [1.82, 2.24) is 0 Å². The predicted octanol–water partition coefficient (Wildman–Crippen LogP) is -2.08. The summed E-state index contributed by atoms with van der Waals surface area (Å²) in [6.07, 6.45) is -4.07. The maximum Gasteiger partial charge on any atom is 0.156 e. The van der Waals surface area contributed by atoms with Gasteiger partial charge in [0.15, 0.2) is 12.4 Å². The average Bonchev–Trinajstić information content (AvgIpc) is 2.22. The highest BCUT2D eigenvalue weighted by atomic mass is 32.2. The predicted molar refractivity (Wildman–Crippen MR) is 49.6 cm³/mol. The summed E-state index contributed by atoms with van der Waals surface area (Å²) >= 11 is 0.853. The summed E-state index contributed by atoms with van der Waals surface area (Å²) in [6, 6.07) is 0. The Hall–Kier alpha value is -0.180. The van der Waals surface area contributed by atoms with Gasteiger partial charge >= 0.3 is 0 Å². The monoisotopic (exact) mass is 226 g/mol. The van der Waals surface area contributed by atoms with Gasteiger partial charge in [-0.3, -0.25) is 0 Å². The van der Waals surface area contributed by atoms with Crippen molar-refractivity contribution in [2.24, 2.45) is 0 Å². The molecule has 0 aromatic carbocycles. The first-order valence-electron chi connectivity index (χ1n) is 3.88. The standard InChI is InChI=1S/C7H14O6S/c1-14-13-5(3-9)7(12)6(11)4(10)2-8/h3-8,10-12H,2H2,1H3/t4-,5+,6+,7-/m1/s1. The summed E-state index contributed by atoms with van der Waals surface area (Å²) in [5, 5.41) is 36.0. The van der Waals surface area contributed by atoms with Crippen LogP contribution in [0.1, 0.15) is 0 Å². The van der Waals surface area contributed by atoms with Crippen LogP contribution in [0.15, 0.2) is 0 Å². The lowest BCUT2D eigenvalue weighted by Gasteiger charge is -2.24. The maximum atomic E-state index is 10.4. The molecule has 0 saturated heterocycles. The second-order valence-electron chi connectivity index (χ2n) is 2.59. The molecule has 0 aliphatic heterocycles. The van der Waals surface area contributed by atoms with Crippen molar-refractivity contribution in [3.63, 3.8) is 0 Å². The van der Waals surface area contributed by atoms with Crippen molar-refractivity contribution >= 4 is 18.3 Å². The van der Waals surface area contributed by atoms with Gasteiger partial charge in [-0.05, 0) is 12.0 Å². The summed E-state index contributed by atoms with van der Waals surface area (Å²) < 4.78 is 4.71. The van der Waals surface area contributed by atoms with Gasteiger partial charge in [0.25, 0.3) is 0 Å². The molecular formula is C7H14O6S. The third-order valence-electron chi connectivity index (χ3n) is 1.61. The van der Waals surface area contributed by atoms with Gasteiger partial charge < -0.3 is 29.4 Å². The molecule has 84 valence electrons. The molecule has 0 aliphatic carbocycles. The number of carbonyl (C=O) groups excluding carboxylic acids is 1. The zero-order chi connectivity index (χ0) is 11.1. The van der Waals surface area contributed by atoms with E-state index in [1.807, 2.05) is 0 Å². The van der Waals surface area contributed by atoms with Crippen molar-refractivity contribution in [3.05, 3.63) is 0 Å². The van der Waals surface area contributed by atoms with Crippen LogP contribution in [-0.2, 0) is 8.98 Å². The minimum atomic E-state index is -1.62. The molecule has 0 unspecified atom stereocenters. The molecule has 0 amide bonds. The van der Waals surface area contributed by atoms with Crippen LogP contribution in [0.4, 0.5) is 0 Å². The van der Waals surface area contributed by atoms with Crippen molar-refractivity contribution in [2.45, 2.75) is 24.4 Å². The van der Waals surface area contributed by atoms with Gasteiger partial charge in [-0.15, -0.1) is 0 Å². The third kappa shape index (κ3) is 3.91. The molecule has 4 atom stereocenters. The summed E-state index contributed by atoms with van der Waals surface area (Å²) in [5.41, 5.74) is 0. The van der Waals surface area contributed by atoms with Crippen molar-refractivity contribution in [1.29, 1.82) is 0 Å². The van der Waals surface area contributed by atoms with E-state index in [0.717, 1.165) is 12.0 Å². The van der Waals surface area contributed by atoms with E-state index in [0.29, 0.717) is 6.29 Å². The van der Waals surface area contributed by atoms with Gasteiger partial charge in [-0.25, -0.2) is 0 Å². The van der Waals surface area contributed by atoms with Crippen LogP contribution in [0.25, 0.3) is 0 Å². The molecule has 0 radical (unpaired) electrons.